The zero-order chi connectivity index (χ0) is 22.7. The maximum atomic E-state index is 12.7. The van der Waals surface area contributed by atoms with Crippen LogP contribution < -0.4 is 0 Å². The van der Waals surface area contributed by atoms with Gasteiger partial charge in [0.1, 0.15) is 10.8 Å². The Bertz CT molecular complexity index is 1250. The second-order valence-electron chi connectivity index (χ2n) is 8.16. The van der Waals surface area contributed by atoms with Crippen LogP contribution in [-0.2, 0) is 24.2 Å². The molecule has 4 nitrogen and oxygen atoms in total. The Labute approximate surface area is 192 Å². The van der Waals surface area contributed by atoms with Crippen molar-refractivity contribution in [3.05, 3.63) is 99.1 Å². The van der Waals surface area contributed by atoms with E-state index in [9.17, 15) is 9.59 Å². The lowest BCUT2D eigenvalue weighted by Gasteiger charge is -2.09. The van der Waals surface area contributed by atoms with Crippen molar-refractivity contribution in [2.24, 2.45) is 0 Å². The van der Waals surface area contributed by atoms with E-state index in [2.05, 4.69) is 48.7 Å². The van der Waals surface area contributed by atoms with Gasteiger partial charge in [0.05, 0.1) is 12.1 Å². The van der Waals surface area contributed by atoms with E-state index in [1.54, 1.807) is 19.1 Å². The maximum absolute atomic E-state index is 12.7. The first kappa shape index (κ1) is 21.9. The van der Waals surface area contributed by atoms with Crippen LogP contribution in [-0.4, -0.2) is 21.1 Å². The lowest BCUT2D eigenvalue weighted by atomic mass is 10.0. The van der Waals surface area contributed by atoms with E-state index in [-0.39, 0.29) is 18.0 Å². The van der Waals surface area contributed by atoms with Crippen LogP contribution in [0.1, 0.15) is 44.8 Å². The molecule has 162 valence electrons. The summed E-state index contributed by atoms with van der Waals surface area (Å²) in [6.45, 7) is 6.63. The third-order valence-electron chi connectivity index (χ3n) is 5.63. The third-order valence-corrected chi connectivity index (χ3v) is 6.47. The molecule has 0 aliphatic carbocycles. The van der Waals surface area contributed by atoms with Gasteiger partial charge < -0.3 is 4.57 Å². The van der Waals surface area contributed by atoms with Crippen molar-refractivity contribution in [2.45, 2.75) is 40.2 Å². The van der Waals surface area contributed by atoms with Crippen LogP contribution in [0.3, 0.4) is 0 Å². The number of hydrogen-bond donors (Lipinski definition) is 0. The Kier molecular flexibility index (Phi) is 6.47. The summed E-state index contributed by atoms with van der Waals surface area (Å²) in [6, 6.07) is 19.9. The van der Waals surface area contributed by atoms with Crippen molar-refractivity contribution in [1.29, 1.82) is 0 Å². The minimum atomic E-state index is 0.0369. The van der Waals surface area contributed by atoms with Crippen LogP contribution in [0.4, 0.5) is 0 Å². The van der Waals surface area contributed by atoms with Gasteiger partial charge in [0.15, 0.2) is 5.78 Å². The number of nitrogens with zero attached hydrogens (tertiary/aromatic N) is 2. The molecule has 0 amide bonds. The minimum absolute atomic E-state index is 0.0369. The number of carbonyl (C=O) groups is 2. The van der Waals surface area contributed by atoms with Gasteiger partial charge in [-0.1, -0.05) is 54.6 Å². The van der Waals surface area contributed by atoms with Gasteiger partial charge in [-0.2, -0.15) is 0 Å². The van der Waals surface area contributed by atoms with Gasteiger partial charge in [0.25, 0.3) is 0 Å². The molecule has 0 aliphatic rings. The number of carbonyl (C=O) groups excluding carboxylic acids is 2. The highest BCUT2D eigenvalue weighted by Gasteiger charge is 2.16. The van der Waals surface area contributed by atoms with E-state index in [0.29, 0.717) is 12.0 Å². The second kappa shape index (κ2) is 9.45. The number of aryl methyl sites for hydroxylation is 1. The SMILES string of the molecule is CC(=O)Cc1ccc(C(=O)Cc2nc(-c3cc(C)n(Cc4ccccc4)c3C)cs2)cc1. The van der Waals surface area contributed by atoms with Gasteiger partial charge in [-0.15, -0.1) is 11.3 Å². The first-order valence-corrected chi connectivity index (χ1v) is 11.6. The van der Waals surface area contributed by atoms with Crippen molar-refractivity contribution < 1.29 is 9.59 Å². The van der Waals surface area contributed by atoms with Crippen molar-refractivity contribution in [3.8, 4) is 11.3 Å². The van der Waals surface area contributed by atoms with E-state index in [1.165, 1.54) is 28.3 Å². The lowest BCUT2D eigenvalue weighted by Crippen LogP contribution is -2.04. The summed E-state index contributed by atoms with van der Waals surface area (Å²) in [6.07, 6.45) is 0.673. The number of rotatable bonds is 8. The Morgan fingerprint density at radius 2 is 1.66 bits per heavy atom. The van der Waals surface area contributed by atoms with Crippen LogP contribution in [0.2, 0.25) is 0 Å². The topological polar surface area (TPSA) is 52.0 Å². The number of hydrogen-bond acceptors (Lipinski definition) is 4. The molecule has 4 rings (SSSR count). The highest BCUT2D eigenvalue weighted by Crippen LogP contribution is 2.29. The Morgan fingerprint density at radius 1 is 0.938 bits per heavy atom. The van der Waals surface area contributed by atoms with Crippen LogP contribution >= 0.6 is 11.3 Å². The fourth-order valence-corrected chi connectivity index (χ4v) is 4.71. The molecule has 5 heteroatoms. The molecule has 0 atom stereocenters. The first-order valence-electron chi connectivity index (χ1n) is 10.7. The molecule has 0 fully saturated rings. The zero-order valence-electron chi connectivity index (χ0n) is 18.6. The standard InChI is InChI=1S/C27H26N2O2S/c1-18-13-24(20(3)29(18)16-22-7-5-4-6-8-22)25-17-32-27(28-25)15-26(31)23-11-9-21(10-12-23)14-19(2)30/h4-13,17H,14-16H2,1-3H3. The van der Waals surface area contributed by atoms with E-state index in [4.69, 9.17) is 4.98 Å². The van der Waals surface area contributed by atoms with Gasteiger partial charge in [-0.3, -0.25) is 9.59 Å². The molecule has 0 spiro atoms. The molecule has 2 aromatic heterocycles. The van der Waals surface area contributed by atoms with Crippen molar-refractivity contribution in [2.75, 3.05) is 0 Å². The molecule has 4 aromatic rings. The minimum Gasteiger partial charge on any atom is -0.344 e. The summed E-state index contributed by atoms with van der Waals surface area (Å²) in [5.41, 5.74) is 7.24. The molecule has 0 saturated heterocycles. The molecule has 0 aliphatic heterocycles. The molecule has 2 aromatic carbocycles. The van der Waals surface area contributed by atoms with Crippen molar-refractivity contribution in [3.63, 3.8) is 0 Å². The van der Waals surface area contributed by atoms with E-state index >= 15 is 0 Å². The van der Waals surface area contributed by atoms with Gasteiger partial charge >= 0.3 is 0 Å². The molecule has 0 bridgehead atoms. The van der Waals surface area contributed by atoms with Crippen LogP contribution in [0, 0.1) is 13.8 Å². The van der Waals surface area contributed by atoms with Gasteiger partial charge in [0.2, 0.25) is 0 Å². The molecule has 0 saturated carbocycles. The molecule has 0 N–H and O–H groups in total. The summed E-state index contributed by atoms with van der Waals surface area (Å²) in [5.74, 6) is 0.150. The Hall–Kier alpha value is -3.31. The highest BCUT2D eigenvalue weighted by molar-refractivity contribution is 7.10. The van der Waals surface area contributed by atoms with Gasteiger partial charge in [-0.25, -0.2) is 4.98 Å². The normalized spacial score (nSPS) is 11.0. The summed E-state index contributed by atoms with van der Waals surface area (Å²) >= 11 is 1.52. The molecule has 0 unspecified atom stereocenters. The van der Waals surface area contributed by atoms with E-state index in [0.717, 1.165) is 28.4 Å². The van der Waals surface area contributed by atoms with Crippen LogP contribution in [0.25, 0.3) is 11.3 Å². The molecular formula is C27H26N2O2S. The lowest BCUT2D eigenvalue weighted by molar-refractivity contribution is -0.116. The van der Waals surface area contributed by atoms with Gasteiger partial charge in [-0.05, 0) is 38.0 Å². The molecule has 2 heterocycles. The van der Waals surface area contributed by atoms with Crippen LogP contribution in [0.5, 0.6) is 0 Å². The number of ketones is 2. The van der Waals surface area contributed by atoms with Gasteiger partial charge in [0, 0.05) is 40.9 Å². The molecule has 0 radical (unpaired) electrons. The van der Waals surface area contributed by atoms with Crippen LogP contribution in [0.15, 0.2) is 66.0 Å². The van der Waals surface area contributed by atoms with Crippen molar-refractivity contribution in [1.82, 2.24) is 9.55 Å². The monoisotopic (exact) mass is 442 g/mol. The second-order valence-corrected chi connectivity index (χ2v) is 9.10. The number of thiazole rings is 1. The average Bonchev–Trinajstić information content (AvgIpc) is 3.34. The summed E-state index contributed by atoms with van der Waals surface area (Å²) in [4.78, 5) is 28.7. The number of Topliss-reactive ketones (excluding diaryl/α,β-unsaturated/α-hetero) is 2. The zero-order valence-corrected chi connectivity index (χ0v) is 19.4. The summed E-state index contributed by atoms with van der Waals surface area (Å²) in [7, 11) is 0. The van der Waals surface area contributed by atoms with Crippen molar-refractivity contribution >= 4 is 22.9 Å². The average molecular weight is 443 g/mol. The quantitative estimate of drug-likeness (QED) is 0.322. The Balaban J connectivity index is 1.48. The predicted molar refractivity (Wildman–Crippen MR) is 129 cm³/mol. The number of aromatic nitrogens is 2. The predicted octanol–water partition coefficient (Wildman–Crippen LogP) is 5.83. The summed E-state index contributed by atoms with van der Waals surface area (Å²) in [5, 5.41) is 2.85. The van der Waals surface area contributed by atoms with E-state index < -0.39 is 0 Å². The Morgan fingerprint density at radius 3 is 2.34 bits per heavy atom. The smallest absolute Gasteiger partial charge is 0.169 e. The first-order chi connectivity index (χ1) is 15.4. The highest BCUT2D eigenvalue weighted by atomic mass is 32.1. The largest absolute Gasteiger partial charge is 0.344 e. The maximum Gasteiger partial charge on any atom is 0.169 e. The third kappa shape index (κ3) is 4.94. The fourth-order valence-electron chi connectivity index (χ4n) is 3.92. The molecular weight excluding hydrogens is 416 g/mol. The molecule has 32 heavy (non-hydrogen) atoms. The fraction of sp³-hybridized carbons (Fsp3) is 0.222. The summed E-state index contributed by atoms with van der Waals surface area (Å²) < 4.78 is 2.30. The van der Waals surface area contributed by atoms with E-state index in [1.807, 2.05) is 23.6 Å². The number of benzene rings is 2.